The Kier molecular flexibility index (Phi) is 5.77. The first-order valence-corrected chi connectivity index (χ1v) is 8.96. The zero-order valence-electron chi connectivity index (χ0n) is 15.7. The molecule has 0 aliphatic carbocycles. The van der Waals surface area contributed by atoms with Crippen LogP contribution < -0.4 is 10.5 Å². The lowest BCUT2D eigenvalue weighted by Gasteiger charge is -2.35. The highest BCUT2D eigenvalue weighted by atomic mass is 19.1. The topological polar surface area (TPSA) is 64.8 Å². The first kappa shape index (κ1) is 19.3. The van der Waals surface area contributed by atoms with Gasteiger partial charge in [-0.25, -0.2) is 4.39 Å². The second-order valence-electron chi connectivity index (χ2n) is 6.94. The van der Waals surface area contributed by atoms with E-state index in [1.165, 1.54) is 6.07 Å². The summed E-state index contributed by atoms with van der Waals surface area (Å²) in [6, 6.07) is 14.3. The summed E-state index contributed by atoms with van der Waals surface area (Å²) in [6.45, 7) is 0.452. The second-order valence-corrected chi connectivity index (χ2v) is 6.94. The molecule has 1 amide bonds. The maximum absolute atomic E-state index is 13.7. The maximum atomic E-state index is 13.7. The van der Waals surface area contributed by atoms with Crippen molar-refractivity contribution in [2.45, 2.75) is 31.0 Å². The summed E-state index contributed by atoms with van der Waals surface area (Å²) in [5, 5.41) is 0. The van der Waals surface area contributed by atoms with Crippen LogP contribution in [0.1, 0.15) is 30.0 Å². The van der Waals surface area contributed by atoms with Gasteiger partial charge in [0.1, 0.15) is 23.7 Å². The van der Waals surface area contributed by atoms with Gasteiger partial charge in [-0.15, -0.1) is 0 Å². The van der Waals surface area contributed by atoms with Crippen LogP contribution in [0.5, 0.6) is 5.75 Å². The van der Waals surface area contributed by atoms with Gasteiger partial charge in [0.25, 0.3) is 0 Å². The van der Waals surface area contributed by atoms with Crippen molar-refractivity contribution < 1.29 is 18.7 Å². The Morgan fingerprint density at radius 3 is 2.59 bits per heavy atom. The lowest BCUT2D eigenvalue weighted by molar-refractivity contribution is -0.131. The van der Waals surface area contributed by atoms with E-state index in [4.69, 9.17) is 15.2 Å². The maximum Gasteiger partial charge on any atom is 0.240 e. The molecule has 27 heavy (non-hydrogen) atoms. The van der Waals surface area contributed by atoms with E-state index >= 15 is 0 Å². The molecule has 0 spiro atoms. The molecule has 2 N–H and O–H groups in total. The summed E-state index contributed by atoms with van der Waals surface area (Å²) >= 11 is 0. The number of nitrogens with two attached hydrogens (primary N) is 1. The summed E-state index contributed by atoms with van der Waals surface area (Å²) < 4.78 is 24.6. The zero-order valence-corrected chi connectivity index (χ0v) is 15.7. The van der Waals surface area contributed by atoms with Gasteiger partial charge in [-0.3, -0.25) is 9.69 Å². The number of amides is 1. The summed E-state index contributed by atoms with van der Waals surface area (Å²) in [6.07, 6.45) is 1.47. The average molecular weight is 372 g/mol. The lowest BCUT2D eigenvalue weighted by Crippen LogP contribution is -2.55. The number of halogens is 1. The standard InChI is InChI=1S/C21H25FN2O3/c1-24-19(11-12-21(24,14-26-2)20(23)25)15-7-9-17(10-8-15)27-13-16-5-3-4-6-18(16)22/h3-10,19H,11-14H2,1-2H3,(H2,23,25)/t19-,21-/m1/s1. The third kappa shape index (κ3) is 3.82. The highest BCUT2D eigenvalue weighted by Gasteiger charge is 2.49. The summed E-state index contributed by atoms with van der Waals surface area (Å²) in [5.74, 6) is 0.0301. The van der Waals surface area contributed by atoms with Crippen LogP contribution in [0.25, 0.3) is 0 Å². The van der Waals surface area contributed by atoms with E-state index < -0.39 is 5.54 Å². The predicted molar refractivity (Wildman–Crippen MR) is 101 cm³/mol. The van der Waals surface area contributed by atoms with Gasteiger partial charge in [0.05, 0.1) is 6.61 Å². The van der Waals surface area contributed by atoms with Gasteiger partial charge in [0, 0.05) is 18.7 Å². The first-order valence-electron chi connectivity index (χ1n) is 8.96. The van der Waals surface area contributed by atoms with Crippen molar-refractivity contribution in [3.05, 3.63) is 65.5 Å². The van der Waals surface area contributed by atoms with E-state index in [0.717, 1.165) is 12.0 Å². The van der Waals surface area contributed by atoms with Crippen LogP contribution in [0.15, 0.2) is 48.5 Å². The van der Waals surface area contributed by atoms with Crippen molar-refractivity contribution in [3.63, 3.8) is 0 Å². The van der Waals surface area contributed by atoms with E-state index in [-0.39, 0.29) is 31.0 Å². The summed E-state index contributed by atoms with van der Waals surface area (Å²) in [5.41, 5.74) is 6.49. The molecular formula is C21H25FN2O3. The van der Waals surface area contributed by atoms with Crippen molar-refractivity contribution >= 4 is 5.91 Å². The molecule has 3 rings (SSSR count). The van der Waals surface area contributed by atoms with Crippen molar-refractivity contribution in [3.8, 4) is 5.75 Å². The van der Waals surface area contributed by atoms with Crippen molar-refractivity contribution in [2.24, 2.45) is 5.73 Å². The van der Waals surface area contributed by atoms with Crippen LogP contribution >= 0.6 is 0 Å². The molecule has 1 fully saturated rings. The Labute approximate surface area is 158 Å². The number of rotatable bonds is 7. The first-order chi connectivity index (χ1) is 13.0. The summed E-state index contributed by atoms with van der Waals surface area (Å²) in [7, 11) is 3.48. The number of likely N-dealkylation sites (tertiary alicyclic amines) is 1. The molecular weight excluding hydrogens is 347 g/mol. The number of hydrogen-bond donors (Lipinski definition) is 1. The van der Waals surface area contributed by atoms with Crippen LogP contribution in [0.4, 0.5) is 4.39 Å². The van der Waals surface area contributed by atoms with Gasteiger partial charge in [0.15, 0.2) is 0 Å². The molecule has 1 aliphatic heterocycles. The Hall–Kier alpha value is -2.44. The smallest absolute Gasteiger partial charge is 0.240 e. The fourth-order valence-corrected chi connectivity index (χ4v) is 3.78. The van der Waals surface area contributed by atoms with Crippen molar-refractivity contribution in [1.82, 2.24) is 4.90 Å². The molecule has 2 aromatic rings. The Morgan fingerprint density at radius 2 is 1.96 bits per heavy atom. The molecule has 0 saturated carbocycles. The van der Waals surface area contributed by atoms with Gasteiger partial charge in [-0.2, -0.15) is 0 Å². The fraction of sp³-hybridized carbons (Fsp3) is 0.381. The zero-order chi connectivity index (χ0) is 19.4. The molecule has 2 aromatic carbocycles. The van der Waals surface area contributed by atoms with Crippen molar-refractivity contribution in [1.29, 1.82) is 0 Å². The van der Waals surface area contributed by atoms with Crippen LogP contribution in [-0.4, -0.2) is 37.1 Å². The van der Waals surface area contributed by atoms with E-state index in [0.29, 0.717) is 17.7 Å². The van der Waals surface area contributed by atoms with Crippen LogP contribution in [0.3, 0.4) is 0 Å². The van der Waals surface area contributed by atoms with E-state index in [9.17, 15) is 9.18 Å². The Bertz CT molecular complexity index is 796. The van der Waals surface area contributed by atoms with Crippen LogP contribution in [-0.2, 0) is 16.1 Å². The Morgan fingerprint density at radius 1 is 1.26 bits per heavy atom. The largest absolute Gasteiger partial charge is 0.489 e. The molecule has 0 unspecified atom stereocenters. The number of benzene rings is 2. The number of methoxy groups -OCH3 is 1. The molecule has 1 saturated heterocycles. The monoisotopic (exact) mass is 372 g/mol. The molecule has 0 bridgehead atoms. The second kappa shape index (κ2) is 8.06. The molecule has 0 aromatic heterocycles. The number of nitrogens with zero attached hydrogens (tertiary/aromatic N) is 1. The molecule has 1 heterocycles. The minimum absolute atomic E-state index is 0.0771. The molecule has 6 heteroatoms. The molecule has 2 atom stereocenters. The van der Waals surface area contributed by atoms with Gasteiger partial charge in [-0.05, 0) is 43.7 Å². The van der Waals surface area contributed by atoms with Crippen LogP contribution in [0, 0.1) is 5.82 Å². The third-order valence-corrected chi connectivity index (χ3v) is 5.43. The van der Waals surface area contributed by atoms with E-state index in [2.05, 4.69) is 0 Å². The van der Waals surface area contributed by atoms with Crippen LogP contribution in [0.2, 0.25) is 0 Å². The molecule has 0 radical (unpaired) electrons. The third-order valence-electron chi connectivity index (χ3n) is 5.43. The van der Waals surface area contributed by atoms with Crippen molar-refractivity contribution in [2.75, 3.05) is 20.8 Å². The van der Waals surface area contributed by atoms with Gasteiger partial charge in [0.2, 0.25) is 5.91 Å². The number of likely N-dealkylation sites (N-methyl/N-ethyl adjacent to an activating group) is 1. The van der Waals surface area contributed by atoms with Gasteiger partial charge in [-0.1, -0.05) is 30.3 Å². The minimum Gasteiger partial charge on any atom is -0.489 e. The van der Waals surface area contributed by atoms with Gasteiger partial charge < -0.3 is 15.2 Å². The van der Waals surface area contributed by atoms with E-state index in [1.807, 2.05) is 36.2 Å². The highest BCUT2D eigenvalue weighted by Crippen LogP contribution is 2.41. The Balaban J connectivity index is 1.69. The number of hydrogen-bond acceptors (Lipinski definition) is 4. The fourth-order valence-electron chi connectivity index (χ4n) is 3.78. The number of ether oxygens (including phenoxy) is 2. The number of carbonyl (C=O) groups is 1. The van der Waals surface area contributed by atoms with E-state index in [1.54, 1.807) is 25.3 Å². The predicted octanol–water partition coefficient (Wildman–Crippen LogP) is 3.04. The molecule has 1 aliphatic rings. The normalized spacial score (nSPS) is 22.7. The SMILES string of the molecule is COC[C@@]1(C(N)=O)CC[C@H](c2ccc(OCc3ccccc3F)cc2)N1C. The molecule has 5 nitrogen and oxygen atoms in total. The van der Waals surface area contributed by atoms with Gasteiger partial charge >= 0.3 is 0 Å². The summed E-state index contributed by atoms with van der Waals surface area (Å²) in [4.78, 5) is 14.1. The lowest BCUT2D eigenvalue weighted by atomic mass is 9.97. The minimum atomic E-state index is -0.778. The quantitative estimate of drug-likeness (QED) is 0.811. The average Bonchev–Trinajstić information content (AvgIpc) is 3.00. The number of primary amides is 1. The number of carbonyl (C=O) groups excluding carboxylic acids is 1. The molecule has 144 valence electrons. The highest BCUT2D eigenvalue weighted by molar-refractivity contribution is 5.85.